The molecule has 7 heteroatoms. The molecular formula is C18H31NO6. The van der Waals surface area contributed by atoms with Crippen LogP contribution in [0.2, 0.25) is 0 Å². The first-order valence-corrected chi connectivity index (χ1v) is 8.89. The molecule has 1 heterocycles. The number of amides is 2. The molecule has 7 nitrogen and oxygen atoms in total. The molecule has 0 unspecified atom stereocenters. The Morgan fingerprint density at radius 3 is 2.04 bits per heavy atom. The summed E-state index contributed by atoms with van der Waals surface area (Å²) in [7, 11) is 0. The van der Waals surface area contributed by atoms with Crippen molar-refractivity contribution in [1.82, 2.24) is 4.90 Å². The Bertz CT molecular complexity index is 494. The van der Waals surface area contributed by atoms with Crippen LogP contribution in [0.1, 0.15) is 60.8 Å². The molecule has 0 saturated heterocycles. The van der Waals surface area contributed by atoms with Crippen LogP contribution in [-0.2, 0) is 28.8 Å². The highest BCUT2D eigenvalue weighted by molar-refractivity contribution is 6.15. The molecule has 0 bridgehead atoms. The van der Waals surface area contributed by atoms with E-state index in [2.05, 4.69) is 6.92 Å². The number of hydrogen-bond donors (Lipinski definition) is 0. The first kappa shape index (κ1) is 21.8. The molecule has 0 saturated carbocycles. The lowest BCUT2D eigenvalue weighted by Gasteiger charge is -2.35. The predicted octanol–water partition coefficient (Wildman–Crippen LogP) is 2.95. The number of carbonyl (C=O) groups is 2. The van der Waals surface area contributed by atoms with Crippen LogP contribution in [0.25, 0.3) is 0 Å². The van der Waals surface area contributed by atoms with Crippen molar-refractivity contribution in [2.24, 2.45) is 0 Å². The fourth-order valence-corrected chi connectivity index (χ4v) is 2.63. The van der Waals surface area contributed by atoms with Gasteiger partial charge in [-0.25, -0.2) is 4.89 Å². The summed E-state index contributed by atoms with van der Waals surface area (Å²) in [4.78, 5) is 36.2. The van der Waals surface area contributed by atoms with E-state index in [4.69, 9.17) is 19.2 Å². The molecule has 0 N–H and O–H groups in total. The molecule has 1 aliphatic rings. The average Bonchev–Trinajstić information content (AvgIpc) is 2.77. The molecule has 2 amide bonds. The SMILES string of the molecule is CCCC(C)(C)OOC(CCN1C(=O)C=C(C)C1=O)(OCC)OCC. The molecule has 1 rings (SSSR count). The minimum atomic E-state index is -1.47. The number of imide groups is 1. The minimum Gasteiger partial charge on any atom is -0.326 e. The summed E-state index contributed by atoms with van der Waals surface area (Å²) in [6.07, 6.45) is 3.21. The monoisotopic (exact) mass is 357 g/mol. The minimum absolute atomic E-state index is 0.114. The van der Waals surface area contributed by atoms with Crippen LogP contribution >= 0.6 is 0 Å². The van der Waals surface area contributed by atoms with E-state index in [1.807, 2.05) is 27.7 Å². The van der Waals surface area contributed by atoms with Gasteiger partial charge in [0.05, 0.1) is 12.0 Å². The number of rotatable bonds is 12. The third kappa shape index (κ3) is 6.18. The molecule has 25 heavy (non-hydrogen) atoms. The maximum atomic E-state index is 12.0. The maximum absolute atomic E-state index is 12.0. The van der Waals surface area contributed by atoms with Gasteiger partial charge < -0.3 is 9.47 Å². The summed E-state index contributed by atoms with van der Waals surface area (Å²) in [5.74, 6) is -2.11. The van der Waals surface area contributed by atoms with Crippen molar-refractivity contribution in [3.63, 3.8) is 0 Å². The molecule has 0 aromatic heterocycles. The lowest BCUT2D eigenvalue weighted by Crippen LogP contribution is -2.45. The summed E-state index contributed by atoms with van der Waals surface area (Å²) >= 11 is 0. The summed E-state index contributed by atoms with van der Waals surface area (Å²) < 4.78 is 11.3. The van der Waals surface area contributed by atoms with E-state index in [0.29, 0.717) is 18.8 Å². The quantitative estimate of drug-likeness (QED) is 0.231. The van der Waals surface area contributed by atoms with E-state index in [1.54, 1.807) is 6.92 Å². The van der Waals surface area contributed by atoms with E-state index in [0.717, 1.165) is 17.7 Å². The Morgan fingerprint density at radius 2 is 1.60 bits per heavy atom. The van der Waals surface area contributed by atoms with Crippen LogP contribution in [0.15, 0.2) is 11.6 Å². The smallest absolute Gasteiger partial charge is 0.313 e. The highest BCUT2D eigenvalue weighted by atomic mass is 17.3. The maximum Gasteiger partial charge on any atom is 0.313 e. The van der Waals surface area contributed by atoms with Crippen LogP contribution in [0.3, 0.4) is 0 Å². The number of hydrogen-bond acceptors (Lipinski definition) is 6. The van der Waals surface area contributed by atoms with Gasteiger partial charge in [-0.05, 0) is 41.0 Å². The van der Waals surface area contributed by atoms with E-state index in [1.165, 1.54) is 6.08 Å². The Hall–Kier alpha value is -1.28. The second-order valence-electron chi connectivity index (χ2n) is 6.60. The zero-order valence-corrected chi connectivity index (χ0v) is 16.2. The topological polar surface area (TPSA) is 74.3 Å². The number of ether oxygens (including phenoxy) is 2. The van der Waals surface area contributed by atoms with E-state index < -0.39 is 11.6 Å². The molecule has 0 radical (unpaired) electrons. The van der Waals surface area contributed by atoms with Crippen molar-refractivity contribution in [2.45, 2.75) is 72.4 Å². The largest absolute Gasteiger partial charge is 0.326 e. The van der Waals surface area contributed by atoms with Crippen molar-refractivity contribution in [2.75, 3.05) is 19.8 Å². The lowest BCUT2D eigenvalue weighted by atomic mass is 10.0. The Kier molecular flexibility index (Phi) is 8.21. The van der Waals surface area contributed by atoms with Crippen LogP contribution in [0.5, 0.6) is 0 Å². The zero-order valence-electron chi connectivity index (χ0n) is 16.2. The Morgan fingerprint density at radius 1 is 1.00 bits per heavy atom. The van der Waals surface area contributed by atoms with Crippen molar-refractivity contribution in [3.05, 3.63) is 11.6 Å². The number of nitrogens with zero attached hydrogens (tertiary/aromatic N) is 1. The second-order valence-corrected chi connectivity index (χ2v) is 6.60. The highest BCUT2D eigenvalue weighted by Gasteiger charge is 2.39. The summed E-state index contributed by atoms with van der Waals surface area (Å²) in [6.45, 7) is 11.9. The first-order chi connectivity index (χ1) is 11.7. The normalized spacial score (nSPS) is 15.9. The van der Waals surface area contributed by atoms with Gasteiger partial charge in [-0.1, -0.05) is 13.3 Å². The fraction of sp³-hybridized carbons (Fsp3) is 0.778. The van der Waals surface area contributed by atoms with Gasteiger partial charge in [-0.2, -0.15) is 4.89 Å². The average molecular weight is 357 g/mol. The van der Waals surface area contributed by atoms with Gasteiger partial charge in [0, 0.05) is 31.4 Å². The van der Waals surface area contributed by atoms with E-state index in [9.17, 15) is 9.59 Å². The molecule has 1 aliphatic heterocycles. The van der Waals surface area contributed by atoms with Gasteiger partial charge in [0.2, 0.25) is 0 Å². The van der Waals surface area contributed by atoms with Crippen molar-refractivity contribution < 1.29 is 28.8 Å². The zero-order chi connectivity index (χ0) is 19.1. The van der Waals surface area contributed by atoms with Crippen molar-refractivity contribution >= 4 is 11.8 Å². The third-order valence-electron chi connectivity index (χ3n) is 3.80. The van der Waals surface area contributed by atoms with Crippen LogP contribution in [0.4, 0.5) is 0 Å². The highest BCUT2D eigenvalue weighted by Crippen LogP contribution is 2.27. The molecule has 144 valence electrons. The number of carbonyl (C=O) groups excluding carboxylic acids is 2. The molecule has 0 aromatic carbocycles. The molecule has 0 atom stereocenters. The van der Waals surface area contributed by atoms with Crippen molar-refractivity contribution in [3.8, 4) is 0 Å². The van der Waals surface area contributed by atoms with Gasteiger partial charge in [0.15, 0.2) is 0 Å². The van der Waals surface area contributed by atoms with Crippen LogP contribution < -0.4 is 0 Å². The molecular weight excluding hydrogens is 326 g/mol. The Balaban J connectivity index is 2.81. The van der Waals surface area contributed by atoms with E-state index in [-0.39, 0.29) is 24.8 Å². The summed E-state index contributed by atoms with van der Waals surface area (Å²) in [5, 5.41) is 0. The van der Waals surface area contributed by atoms with Gasteiger partial charge in [-0.15, -0.1) is 0 Å². The van der Waals surface area contributed by atoms with Gasteiger partial charge in [-0.3, -0.25) is 14.5 Å². The van der Waals surface area contributed by atoms with Crippen LogP contribution in [0, 0.1) is 0 Å². The van der Waals surface area contributed by atoms with Gasteiger partial charge in [0.1, 0.15) is 0 Å². The van der Waals surface area contributed by atoms with Gasteiger partial charge in [0.25, 0.3) is 11.8 Å². The van der Waals surface area contributed by atoms with E-state index >= 15 is 0 Å². The standard InChI is InChI=1S/C18H31NO6/c1-7-10-17(5,6)24-25-18(22-8-2,23-9-3)11-12-19-15(20)13-14(4)16(19)21/h13H,7-12H2,1-6H3. The Labute approximate surface area is 150 Å². The third-order valence-corrected chi connectivity index (χ3v) is 3.80. The fourth-order valence-electron chi connectivity index (χ4n) is 2.63. The summed E-state index contributed by atoms with van der Waals surface area (Å²) in [6, 6.07) is 0. The molecule has 0 aliphatic carbocycles. The predicted molar refractivity (Wildman–Crippen MR) is 92.2 cm³/mol. The summed E-state index contributed by atoms with van der Waals surface area (Å²) in [5.41, 5.74) is -0.0873. The molecule has 0 spiro atoms. The second kappa shape index (κ2) is 9.43. The van der Waals surface area contributed by atoms with Crippen LogP contribution in [-0.4, -0.2) is 48.0 Å². The van der Waals surface area contributed by atoms with Gasteiger partial charge >= 0.3 is 5.97 Å². The lowest BCUT2D eigenvalue weighted by molar-refractivity contribution is -0.529. The molecule has 0 fully saturated rings. The van der Waals surface area contributed by atoms with Crippen molar-refractivity contribution in [1.29, 1.82) is 0 Å². The molecule has 0 aromatic rings. The first-order valence-electron chi connectivity index (χ1n) is 8.89.